The third-order valence-electron chi connectivity index (χ3n) is 2.73. The molecule has 19 heavy (non-hydrogen) atoms. The molecular formula is C14H13FN2O2. The van der Waals surface area contributed by atoms with Crippen molar-refractivity contribution in [3.05, 3.63) is 64.3 Å². The Morgan fingerprint density at radius 1 is 1.21 bits per heavy atom. The Morgan fingerprint density at radius 2 is 1.89 bits per heavy atom. The molecule has 1 heterocycles. The lowest BCUT2D eigenvalue weighted by molar-refractivity contribution is 0.0988. The lowest BCUT2D eigenvalue weighted by Gasteiger charge is -2.20. The Hall–Kier alpha value is -2.43. The monoisotopic (exact) mass is 260 g/mol. The van der Waals surface area contributed by atoms with Crippen molar-refractivity contribution in [1.82, 2.24) is 4.98 Å². The number of benzene rings is 1. The predicted molar refractivity (Wildman–Crippen MR) is 70.8 cm³/mol. The number of hydrogen-bond acceptors (Lipinski definition) is 2. The summed E-state index contributed by atoms with van der Waals surface area (Å²) in [6.07, 6.45) is 1.37. The summed E-state index contributed by atoms with van der Waals surface area (Å²) < 4.78 is 12.9. The summed E-state index contributed by atoms with van der Waals surface area (Å²) in [6, 6.07) is 8.46. The van der Waals surface area contributed by atoms with Crippen LogP contribution in [-0.2, 0) is 0 Å². The molecule has 2 rings (SSSR count). The van der Waals surface area contributed by atoms with E-state index in [9.17, 15) is 14.0 Å². The molecule has 0 saturated heterocycles. The molecule has 1 aromatic carbocycles. The number of carbonyl (C=O) groups excluding carboxylic acids is 1. The van der Waals surface area contributed by atoms with E-state index in [-0.39, 0.29) is 17.3 Å². The van der Waals surface area contributed by atoms with E-state index >= 15 is 0 Å². The largest absolute Gasteiger partial charge is 0.328 e. The minimum Gasteiger partial charge on any atom is -0.328 e. The highest BCUT2D eigenvalue weighted by Crippen LogP contribution is 2.17. The minimum absolute atomic E-state index is 0.245. The number of H-pyrrole nitrogens is 1. The number of rotatable bonds is 3. The fourth-order valence-corrected chi connectivity index (χ4v) is 1.76. The number of amides is 1. The van der Waals surface area contributed by atoms with E-state index in [2.05, 4.69) is 4.98 Å². The fraction of sp³-hybridized carbons (Fsp3) is 0.143. The van der Waals surface area contributed by atoms with Crippen LogP contribution in [0.5, 0.6) is 0 Å². The van der Waals surface area contributed by atoms with E-state index in [1.165, 1.54) is 35.4 Å². The number of anilines is 1. The first-order valence-electron chi connectivity index (χ1n) is 5.88. The van der Waals surface area contributed by atoms with Gasteiger partial charge in [-0.3, -0.25) is 9.59 Å². The van der Waals surface area contributed by atoms with Crippen molar-refractivity contribution in [2.24, 2.45) is 0 Å². The number of carbonyl (C=O) groups is 1. The van der Waals surface area contributed by atoms with Gasteiger partial charge >= 0.3 is 0 Å². The van der Waals surface area contributed by atoms with Gasteiger partial charge in [0.2, 0.25) is 5.56 Å². The minimum atomic E-state index is -0.351. The number of aromatic nitrogens is 1. The lowest BCUT2D eigenvalue weighted by Crippen LogP contribution is -2.31. The van der Waals surface area contributed by atoms with Crippen LogP contribution in [0.3, 0.4) is 0 Å². The average Bonchev–Trinajstić information content (AvgIpc) is 2.42. The zero-order valence-electron chi connectivity index (χ0n) is 10.4. The number of halogens is 1. The van der Waals surface area contributed by atoms with E-state index in [0.29, 0.717) is 17.8 Å². The van der Waals surface area contributed by atoms with Crippen LogP contribution in [0.1, 0.15) is 17.3 Å². The van der Waals surface area contributed by atoms with Crippen molar-refractivity contribution in [3.8, 4) is 0 Å². The van der Waals surface area contributed by atoms with Crippen LogP contribution in [0.2, 0.25) is 0 Å². The molecule has 0 aliphatic rings. The van der Waals surface area contributed by atoms with Crippen LogP contribution >= 0.6 is 0 Å². The number of nitrogens with zero attached hydrogens (tertiary/aromatic N) is 1. The summed E-state index contributed by atoms with van der Waals surface area (Å²) >= 11 is 0. The third kappa shape index (κ3) is 2.88. The molecule has 0 aliphatic heterocycles. The molecule has 5 heteroatoms. The van der Waals surface area contributed by atoms with Crippen molar-refractivity contribution in [2.75, 3.05) is 11.4 Å². The van der Waals surface area contributed by atoms with Crippen molar-refractivity contribution >= 4 is 11.6 Å². The smallest absolute Gasteiger partial charge is 0.259 e. The van der Waals surface area contributed by atoms with Crippen LogP contribution in [0.25, 0.3) is 0 Å². The van der Waals surface area contributed by atoms with Crippen molar-refractivity contribution in [3.63, 3.8) is 0 Å². The van der Waals surface area contributed by atoms with Gasteiger partial charge in [0, 0.05) is 24.5 Å². The summed E-state index contributed by atoms with van der Waals surface area (Å²) in [5, 5.41) is 0. The van der Waals surface area contributed by atoms with E-state index in [4.69, 9.17) is 0 Å². The van der Waals surface area contributed by atoms with E-state index < -0.39 is 0 Å². The summed E-state index contributed by atoms with van der Waals surface area (Å²) in [5.41, 5.74) is 0.729. The molecule has 0 spiro atoms. The number of hydrogen-bond donors (Lipinski definition) is 1. The molecular weight excluding hydrogens is 247 g/mol. The van der Waals surface area contributed by atoms with Crippen LogP contribution < -0.4 is 10.5 Å². The van der Waals surface area contributed by atoms with Gasteiger partial charge in [-0.2, -0.15) is 0 Å². The Bertz CT molecular complexity index is 614. The maximum Gasteiger partial charge on any atom is 0.259 e. The first-order chi connectivity index (χ1) is 9.11. The summed E-state index contributed by atoms with van der Waals surface area (Å²) in [6.45, 7) is 2.27. The molecule has 0 aliphatic carbocycles. The first-order valence-corrected chi connectivity index (χ1v) is 5.88. The maximum atomic E-state index is 12.9. The molecule has 0 radical (unpaired) electrons. The molecule has 0 fully saturated rings. The van der Waals surface area contributed by atoms with Crippen molar-refractivity contribution < 1.29 is 9.18 Å². The molecule has 4 nitrogen and oxygen atoms in total. The second-order valence-corrected chi connectivity index (χ2v) is 3.97. The quantitative estimate of drug-likeness (QED) is 0.919. The van der Waals surface area contributed by atoms with Crippen molar-refractivity contribution in [1.29, 1.82) is 0 Å². The van der Waals surface area contributed by atoms with E-state index in [1.807, 2.05) is 6.92 Å². The number of pyridine rings is 1. The van der Waals surface area contributed by atoms with E-state index in [1.54, 1.807) is 12.1 Å². The van der Waals surface area contributed by atoms with Crippen LogP contribution in [0.15, 0.2) is 47.4 Å². The summed E-state index contributed by atoms with van der Waals surface area (Å²) in [5.74, 6) is -0.596. The molecule has 0 bridgehead atoms. The number of nitrogens with one attached hydrogen (secondary N) is 1. The second-order valence-electron chi connectivity index (χ2n) is 3.97. The van der Waals surface area contributed by atoms with Crippen LogP contribution in [-0.4, -0.2) is 17.4 Å². The Morgan fingerprint density at radius 3 is 2.42 bits per heavy atom. The SMILES string of the molecule is CCN(C(=O)c1ccc(=O)[nH]c1)c1ccc(F)cc1. The van der Waals surface area contributed by atoms with Gasteiger partial charge < -0.3 is 9.88 Å². The van der Waals surface area contributed by atoms with Gasteiger partial charge in [0.1, 0.15) is 5.82 Å². The standard InChI is InChI=1S/C14H13FN2O2/c1-2-17(12-6-4-11(15)5-7-12)14(19)10-3-8-13(18)16-9-10/h3-9H,2H2,1H3,(H,16,18). The molecule has 0 unspecified atom stereocenters. The summed E-state index contributed by atoms with van der Waals surface area (Å²) in [7, 11) is 0. The first kappa shape index (κ1) is 13.0. The van der Waals surface area contributed by atoms with Gasteiger partial charge in [-0.05, 0) is 37.3 Å². The van der Waals surface area contributed by atoms with Gasteiger partial charge in [-0.15, -0.1) is 0 Å². The zero-order chi connectivity index (χ0) is 13.8. The van der Waals surface area contributed by atoms with Gasteiger partial charge in [0.15, 0.2) is 0 Å². The van der Waals surface area contributed by atoms with Crippen LogP contribution in [0.4, 0.5) is 10.1 Å². The lowest BCUT2D eigenvalue weighted by atomic mass is 10.2. The van der Waals surface area contributed by atoms with Gasteiger partial charge in [-0.25, -0.2) is 4.39 Å². The van der Waals surface area contributed by atoms with Crippen LogP contribution in [0, 0.1) is 5.82 Å². The van der Waals surface area contributed by atoms with E-state index in [0.717, 1.165) is 0 Å². The highest BCUT2D eigenvalue weighted by Gasteiger charge is 2.16. The average molecular weight is 260 g/mol. The molecule has 0 atom stereocenters. The molecule has 0 saturated carbocycles. The Balaban J connectivity index is 2.31. The Kier molecular flexibility index (Phi) is 3.75. The molecule has 1 aromatic heterocycles. The number of aromatic amines is 1. The van der Waals surface area contributed by atoms with Gasteiger partial charge in [-0.1, -0.05) is 0 Å². The highest BCUT2D eigenvalue weighted by molar-refractivity contribution is 6.05. The Labute approximate surface area is 109 Å². The molecule has 1 amide bonds. The molecule has 1 N–H and O–H groups in total. The maximum absolute atomic E-state index is 12.9. The predicted octanol–water partition coefficient (Wildman–Crippen LogP) is 2.18. The van der Waals surface area contributed by atoms with Gasteiger partial charge in [0.25, 0.3) is 5.91 Å². The molecule has 2 aromatic rings. The highest BCUT2D eigenvalue weighted by atomic mass is 19.1. The fourth-order valence-electron chi connectivity index (χ4n) is 1.76. The zero-order valence-corrected chi connectivity index (χ0v) is 10.4. The second kappa shape index (κ2) is 5.48. The topological polar surface area (TPSA) is 53.2 Å². The summed E-state index contributed by atoms with van der Waals surface area (Å²) in [4.78, 5) is 27.2. The third-order valence-corrected chi connectivity index (χ3v) is 2.73. The molecule has 98 valence electrons. The van der Waals surface area contributed by atoms with Crippen molar-refractivity contribution in [2.45, 2.75) is 6.92 Å². The van der Waals surface area contributed by atoms with Gasteiger partial charge in [0.05, 0.1) is 5.56 Å². The normalized spacial score (nSPS) is 10.2.